The average molecular weight is 315 g/mol. The third-order valence-corrected chi connectivity index (χ3v) is 3.02. The molecule has 0 aliphatic carbocycles. The molecular formula is C16H15N2O5-. The number of amides is 2. The van der Waals surface area contributed by atoms with Gasteiger partial charge in [-0.15, -0.1) is 0 Å². The minimum atomic E-state index is -1.44. The lowest BCUT2D eigenvalue weighted by Crippen LogP contribution is -2.26. The van der Waals surface area contributed by atoms with Crippen LogP contribution in [0.1, 0.15) is 10.4 Å². The van der Waals surface area contributed by atoms with Crippen molar-refractivity contribution in [2.45, 2.75) is 0 Å². The first kappa shape index (κ1) is 16.2. The Balaban J connectivity index is 2.27. The van der Waals surface area contributed by atoms with E-state index in [9.17, 15) is 14.7 Å². The summed E-state index contributed by atoms with van der Waals surface area (Å²) in [6.45, 7) is 0. The van der Waals surface area contributed by atoms with E-state index in [4.69, 9.17) is 9.47 Å². The highest BCUT2D eigenvalue weighted by Crippen LogP contribution is 2.33. The van der Waals surface area contributed by atoms with Gasteiger partial charge in [-0.25, -0.2) is 4.79 Å². The normalized spacial score (nSPS) is 9.83. The fourth-order valence-electron chi connectivity index (χ4n) is 1.96. The Bertz CT molecular complexity index is 716. The van der Waals surface area contributed by atoms with Crippen LogP contribution in [0.5, 0.6) is 11.5 Å². The summed E-state index contributed by atoms with van der Waals surface area (Å²) in [5, 5.41) is 16.3. The van der Waals surface area contributed by atoms with Crippen molar-refractivity contribution in [2.75, 3.05) is 24.9 Å². The molecule has 0 fully saturated rings. The first-order valence-electron chi connectivity index (χ1n) is 6.65. The van der Waals surface area contributed by atoms with E-state index >= 15 is 0 Å². The zero-order valence-electron chi connectivity index (χ0n) is 12.6. The van der Waals surface area contributed by atoms with Gasteiger partial charge in [0.05, 0.1) is 25.9 Å². The summed E-state index contributed by atoms with van der Waals surface area (Å²) in [6, 6.07) is 10.7. The summed E-state index contributed by atoms with van der Waals surface area (Å²) in [5.41, 5.74) is 0.391. The second kappa shape index (κ2) is 7.17. The van der Waals surface area contributed by atoms with Gasteiger partial charge in [0, 0.05) is 17.3 Å². The molecule has 0 unspecified atom stereocenters. The molecule has 0 radical (unpaired) electrons. The largest absolute Gasteiger partial charge is 0.545 e. The summed E-state index contributed by atoms with van der Waals surface area (Å²) in [7, 11) is 2.79. The molecule has 0 aliphatic rings. The van der Waals surface area contributed by atoms with Gasteiger partial charge in [-0.3, -0.25) is 0 Å². The van der Waals surface area contributed by atoms with Crippen molar-refractivity contribution in [1.82, 2.24) is 0 Å². The van der Waals surface area contributed by atoms with Crippen LogP contribution in [0.2, 0.25) is 0 Å². The summed E-state index contributed by atoms with van der Waals surface area (Å²) in [4.78, 5) is 23.3. The number of rotatable bonds is 5. The van der Waals surface area contributed by atoms with E-state index in [0.29, 0.717) is 5.69 Å². The number of urea groups is 1. The van der Waals surface area contributed by atoms with Gasteiger partial charge in [0.1, 0.15) is 0 Å². The first-order chi connectivity index (χ1) is 11.0. The molecule has 7 heteroatoms. The smallest absolute Gasteiger partial charge is 0.323 e. The van der Waals surface area contributed by atoms with Gasteiger partial charge in [0.2, 0.25) is 0 Å². The molecule has 0 atom stereocenters. The van der Waals surface area contributed by atoms with Gasteiger partial charge in [-0.1, -0.05) is 18.2 Å². The third kappa shape index (κ3) is 3.91. The zero-order chi connectivity index (χ0) is 16.8. The van der Waals surface area contributed by atoms with Crippen LogP contribution in [0.3, 0.4) is 0 Å². The Morgan fingerprint density at radius 2 is 1.57 bits per heavy atom. The fraction of sp³-hybridized carbons (Fsp3) is 0.125. The minimum absolute atomic E-state index is 0.0380. The Morgan fingerprint density at radius 1 is 0.957 bits per heavy atom. The third-order valence-electron chi connectivity index (χ3n) is 3.02. The van der Waals surface area contributed by atoms with Crippen molar-refractivity contribution in [3.05, 3.63) is 48.0 Å². The van der Waals surface area contributed by atoms with Gasteiger partial charge < -0.3 is 30.0 Å². The summed E-state index contributed by atoms with van der Waals surface area (Å²) >= 11 is 0. The molecule has 0 aliphatic heterocycles. The number of carboxylic acid groups (broad SMARTS) is 1. The topological polar surface area (TPSA) is 99.7 Å². The van der Waals surface area contributed by atoms with E-state index < -0.39 is 12.0 Å². The maximum atomic E-state index is 12.0. The summed E-state index contributed by atoms with van der Waals surface area (Å²) < 4.78 is 10.1. The molecule has 2 rings (SSSR count). The Morgan fingerprint density at radius 3 is 2.13 bits per heavy atom. The average Bonchev–Trinajstić information content (AvgIpc) is 2.54. The van der Waals surface area contributed by atoms with Gasteiger partial charge in [-0.2, -0.15) is 0 Å². The SMILES string of the molecule is COc1cc(NC(=O)Nc2ccccc2)c(C(=O)[O-])cc1OC. The lowest BCUT2D eigenvalue weighted by molar-refractivity contribution is -0.254. The quantitative estimate of drug-likeness (QED) is 0.875. The predicted molar refractivity (Wildman–Crippen MR) is 83.0 cm³/mol. The molecule has 23 heavy (non-hydrogen) atoms. The highest BCUT2D eigenvalue weighted by molar-refractivity contribution is 6.04. The molecule has 2 N–H and O–H groups in total. The van der Waals surface area contributed by atoms with Crippen LogP contribution >= 0.6 is 0 Å². The van der Waals surface area contributed by atoms with Crippen LogP contribution in [0.15, 0.2) is 42.5 Å². The molecule has 0 saturated carbocycles. The number of hydrogen-bond acceptors (Lipinski definition) is 5. The standard InChI is InChI=1S/C16H16N2O5/c1-22-13-8-11(15(19)20)12(9-14(13)23-2)18-16(21)17-10-6-4-3-5-7-10/h3-9H,1-2H3,(H,19,20)(H2,17,18,21)/p-1. The molecule has 0 aromatic heterocycles. The first-order valence-corrected chi connectivity index (χ1v) is 6.65. The predicted octanol–water partition coefficient (Wildman–Crippen LogP) is 1.71. The molecule has 2 aromatic rings. The number of methoxy groups -OCH3 is 2. The van der Waals surface area contributed by atoms with E-state index in [2.05, 4.69) is 10.6 Å². The van der Waals surface area contributed by atoms with Crippen molar-refractivity contribution in [1.29, 1.82) is 0 Å². The van der Waals surface area contributed by atoms with E-state index in [1.165, 1.54) is 26.4 Å². The van der Waals surface area contributed by atoms with Gasteiger partial charge in [0.15, 0.2) is 11.5 Å². The van der Waals surface area contributed by atoms with Crippen molar-refractivity contribution in [3.63, 3.8) is 0 Å². The molecule has 0 heterocycles. The molecule has 120 valence electrons. The second-order valence-corrected chi connectivity index (χ2v) is 4.49. The number of carboxylic acids is 1. The monoisotopic (exact) mass is 315 g/mol. The van der Waals surface area contributed by atoms with E-state index in [1.54, 1.807) is 24.3 Å². The number of carbonyl (C=O) groups excluding carboxylic acids is 2. The number of hydrogen-bond donors (Lipinski definition) is 2. The van der Waals surface area contributed by atoms with Gasteiger partial charge in [0.25, 0.3) is 0 Å². The lowest BCUT2D eigenvalue weighted by atomic mass is 10.1. The highest BCUT2D eigenvalue weighted by atomic mass is 16.5. The maximum absolute atomic E-state index is 12.0. The van der Waals surface area contributed by atoms with Crippen LogP contribution in [0.4, 0.5) is 16.2 Å². The number of ether oxygens (including phenoxy) is 2. The van der Waals surface area contributed by atoms with Crippen LogP contribution < -0.4 is 25.2 Å². The Kier molecular flexibility index (Phi) is 5.03. The molecule has 2 amide bonds. The molecule has 0 spiro atoms. The number of nitrogens with one attached hydrogen (secondary N) is 2. The van der Waals surface area contributed by atoms with Crippen LogP contribution in [-0.4, -0.2) is 26.2 Å². The van der Waals surface area contributed by atoms with Gasteiger partial charge >= 0.3 is 6.03 Å². The van der Waals surface area contributed by atoms with Gasteiger partial charge in [-0.05, 0) is 18.2 Å². The van der Waals surface area contributed by atoms with E-state index in [1.807, 2.05) is 6.07 Å². The maximum Gasteiger partial charge on any atom is 0.323 e. The van der Waals surface area contributed by atoms with Crippen LogP contribution in [0.25, 0.3) is 0 Å². The van der Waals surface area contributed by atoms with Crippen molar-refractivity contribution < 1.29 is 24.2 Å². The van der Waals surface area contributed by atoms with Crippen molar-refractivity contribution in [3.8, 4) is 11.5 Å². The molecular weight excluding hydrogens is 300 g/mol. The number of aromatic carboxylic acids is 1. The second-order valence-electron chi connectivity index (χ2n) is 4.49. The van der Waals surface area contributed by atoms with E-state index in [-0.39, 0.29) is 22.7 Å². The number of benzene rings is 2. The fourth-order valence-corrected chi connectivity index (χ4v) is 1.96. The minimum Gasteiger partial charge on any atom is -0.545 e. The summed E-state index contributed by atoms with van der Waals surface area (Å²) in [6.07, 6.45) is 0. The van der Waals surface area contributed by atoms with E-state index in [0.717, 1.165) is 0 Å². The molecule has 7 nitrogen and oxygen atoms in total. The molecule has 0 saturated heterocycles. The lowest BCUT2D eigenvalue weighted by Gasteiger charge is -2.16. The van der Waals surface area contributed by atoms with Crippen LogP contribution in [0, 0.1) is 0 Å². The number of para-hydroxylation sites is 1. The van der Waals surface area contributed by atoms with Crippen molar-refractivity contribution >= 4 is 23.4 Å². The highest BCUT2D eigenvalue weighted by Gasteiger charge is 2.14. The van der Waals surface area contributed by atoms with Crippen molar-refractivity contribution in [2.24, 2.45) is 0 Å². The Labute approximate surface area is 132 Å². The zero-order valence-corrected chi connectivity index (χ0v) is 12.6. The molecule has 0 bridgehead atoms. The number of anilines is 2. The summed E-state index contributed by atoms with van der Waals surface area (Å²) in [5.74, 6) is -0.936. The molecule has 2 aromatic carbocycles. The number of carbonyl (C=O) groups is 2. The Hall–Kier alpha value is -3.22. The van der Waals surface area contributed by atoms with Crippen LogP contribution in [-0.2, 0) is 0 Å².